The van der Waals surface area contributed by atoms with Gasteiger partial charge in [-0.05, 0) is 119 Å². The predicted octanol–water partition coefficient (Wildman–Crippen LogP) is 16.9. The second-order valence-electron chi connectivity index (χ2n) is 16.6. The van der Waals surface area contributed by atoms with Gasteiger partial charge in [0.05, 0.1) is 53.8 Å². The zero-order valence-corrected chi connectivity index (χ0v) is 37.4. The van der Waals surface area contributed by atoms with Crippen molar-refractivity contribution < 1.29 is 0 Å². The normalized spacial score (nSPS) is 10.8. The first-order valence-corrected chi connectivity index (χ1v) is 22.5. The van der Waals surface area contributed by atoms with E-state index in [4.69, 9.17) is 29.7 Å². The van der Waals surface area contributed by atoms with Crippen LogP contribution in [0.1, 0.15) is 5.56 Å². The summed E-state index contributed by atoms with van der Waals surface area (Å²) >= 11 is 0. The molecular formula is C62H36N8. The molecule has 8 heteroatoms. The number of rotatable bonds is 9. The van der Waals surface area contributed by atoms with Gasteiger partial charge in [0, 0.05) is 44.6 Å². The summed E-state index contributed by atoms with van der Waals surface area (Å²) in [5.74, 6) is 0.353. The van der Waals surface area contributed by atoms with E-state index in [1.54, 1.807) is 54.6 Å². The summed E-state index contributed by atoms with van der Waals surface area (Å²) in [6, 6.07) is 74.6. The maximum atomic E-state index is 10.6. The van der Waals surface area contributed by atoms with Crippen LogP contribution in [0.25, 0.3) is 98.2 Å². The Balaban J connectivity index is 0.922. The quantitative estimate of drug-likeness (QED) is 0.135. The maximum Gasteiger partial charge on any atom is 0.195 e. The van der Waals surface area contributed by atoms with E-state index in [1.165, 1.54) is 5.39 Å². The summed E-state index contributed by atoms with van der Waals surface area (Å²) < 4.78 is 2.32. The second kappa shape index (κ2) is 18.1. The molecule has 8 nitrogen and oxygen atoms in total. The standard InChI is InChI=1S/C62H36N8/c1-64-47-16-12-14-44(34-47)57-39-59(68-62(67-57)45-15-13-17-48(35-45)65-2)55-38-58(66-3)54(36-46(55)40-63)43-26-24-41(25-27-43)42-28-30-51(31-29-42)70-60-23-11-10-22-53(60)56-37-52(32-33-61(56)70)69(49-18-6-4-7-19-49)50-20-8-5-9-21-50/h4-39H. The third-order valence-electron chi connectivity index (χ3n) is 12.5. The first kappa shape index (κ1) is 42.3. The van der Waals surface area contributed by atoms with Crippen molar-refractivity contribution in [2.45, 2.75) is 0 Å². The fraction of sp³-hybridized carbons (Fsp3) is 0. The molecule has 0 N–H and O–H groups in total. The van der Waals surface area contributed by atoms with Crippen LogP contribution in [0.15, 0.2) is 218 Å². The Kier molecular flexibility index (Phi) is 10.9. The Labute approximate surface area is 405 Å². The molecule has 9 aromatic carbocycles. The SMILES string of the molecule is [C-]#[N+]c1cccc(-c2cc(-c3cc([N+]#[C-])c(-c4ccc(-c5ccc(-n6c7ccccc7c7cc(N(c8ccccc8)c8ccccc8)ccc76)cc5)cc4)cc3C#N)nc(-c3cccc([N+]#[C-])c3)n2)c1. The Morgan fingerprint density at radius 3 is 1.67 bits per heavy atom. The molecule has 11 rings (SSSR count). The van der Waals surface area contributed by atoms with Gasteiger partial charge in [0.15, 0.2) is 22.9 Å². The molecular weight excluding hydrogens is 857 g/mol. The highest BCUT2D eigenvalue weighted by molar-refractivity contribution is 6.10. The van der Waals surface area contributed by atoms with Crippen molar-refractivity contribution >= 4 is 55.9 Å². The molecule has 0 aliphatic rings. The zero-order valence-electron chi connectivity index (χ0n) is 37.4. The summed E-state index contributed by atoms with van der Waals surface area (Å²) in [5.41, 5.74) is 14.4. The molecule has 0 radical (unpaired) electrons. The van der Waals surface area contributed by atoms with Gasteiger partial charge in [-0.3, -0.25) is 0 Å². The van der Waals surface area contributed by atoms with Crippen LogP contribution < -0.4 is 4.90 Å². The summed E-state index contributed by atoms with van der Waals surface area (Å²) in [4.78, 5) is 23.2. The highest BCUT2D eigenvalue weighted by Crippen LogP contribution is 2.42. The third-order valence-corrected chi connectivity index (χ3v) is 12.5. The lowest BCUT2D eigenvalue weighted by atomic mass is 9.94. The molecule has 0 amide bonds. The number of para-hydroxylation sites is 3. The molecule has 0 unspecified atom stereocenters. The van der Waals surface area contributed by atoms with Gasteiger partial charge in [0.2, 0.25) is 0 Å². The van der Waals surface area contributed by atoms with Crippen molar-refractivity contribution in [1.29, 1.82) is 5.26 Å². The van der Waals surface area contributed by atoms with E-state index < -0.39 is 0 Å². The summed E-state index contributed by atoms with van der Waals surface area (Å²) in [7, 11) is 0. The molecule has 0 fully saturated rings. The van der Waals surface area contributed by atoms with Gasteiger partial charge < -0.3 is 9.47 Å². The molecule has 0 aliphatic carbocycles. The zero-order chi connectivity index (χ0) is 47.6. The predicted molar refractivity (Wildman–Crippen MR) is 282 cm³/mol. The second-order valence-corrected chi connectivity index (χ2v) is 16.6. The van der Waals surface area contributed by atoms with E-state index in [0.717, 1.165) is 55.9 Å². The van der Waals surface area contributed by atoms with Crippen LogP contribution in [0.4, 0.5) is 34.1 Å². The van der Waals surface area contributed by atoms with Crippen LogP contribution in [0.3, 0.4) is 0 Å². The van der Waals surface area contributed by atoms with Crippen molar-refractivity contribution in [3.05, 3.63) is 258 Å². The molecule has 2 heterocycles. The molecule has 324 valence electrons. The largest absolute Gasteiger partial charge is 0.310 e. The number of benzene rings is 9. The number of fused-ring (bicyclic) bond motifs is 3. The Hall–Kier alpha value is -10.4. The van der Waals surface area contributed by atoms with E-state index >= 15 is 0 Å². The van der Waals surface area contributed by atoms with Crippen LogP contribution in [0.5, 0.6) is 0 Å². The average Bonchev–Trinajstić information content (AvgIpc) is 3.77. The molecule has 2 aromatic heterocycles. The van der Waals surface area contributed by atoms with Crippen LogP contribution in [-0.2, 0) is 0 Å². The van der Waals surface area contributed by atoms with Gasteiger partial charge in [-0.1, -0.05) is 127 Å². The van der Waals surface area contributed by atoms with Crippen LogP contribution in [0.2, 0.25) is 0 Å². The van der Waals surface area contributed by atoms with Gasteiger partial charge >= 0.3 is 0 Å². The van der Waals surface area contributed by atoms with Crippen molar-refractivity contribution in [2.24, 2.45) is 0 Å². The third kappa shape index (κ3) is 7.83. The minimum absolute atomic E-state index is 0.341. The van der Waals surface area contributed by atoms with Gasteiger partial charge in [-0.25, -0.2) is 24.5 Å². The molecule has 11 aromatic rings. The Bertz CT molecular complexity index is 3860. The molecule has 0 atom stereocenters. The summed E-state index contributed by atoms with van der Waals surface area (Å²) in [5, 5.41) is 12.9. The molecule has 0 spiro atoms. The van der Waals surface area contributed by atoms with Crippen LogP contribution >= 0.6 is 0 Å². The van der Waals surface area contributed by atoms with Gasteiger partial charge in [-0.15, -0.1) is 0 Å². The van der Waals surface area contributed by atoms with Crippen molar-refractivity contribution in [3.63, 3.8) is 0 Å². The van der Waals surface area contributed by atoms with Gasteiger partial charge in [0.1, 0.15) is 0 Å². The summed E-state index contributed by atoms with van der Waals surface area (Å²) in [6.07, 6.45) is 0. The number of nitriles is 1. The van der Waals surface area contributed by atoms with E-state index in [-0.39, 0.29) is 0 Å². The molecule has 0 saturated carbocycles. The molecule has 70 heavy (non-hydrogen) atoms. The Morgan fingerprint density at radius 2 is 1.01 bits per heavy atom. The lowest BCUT2D eigenvalue weighted by Gasteiger charge is -2.25. The highest BCUT2D eigenvalue weighted by Gasteiger charge is 2.20. The minimum atomic E-state index is 0.341. The van der Waals surface area contributed by atoms with E-state index in [9.17, 15) is 5.26 Å². The van der Waals surface area contributed by atoms with E-state index in [2.05, 4.69) is 145 Å². The number of anilines is 3. The van der Waals surface area contributed by atoms with Crippen molar-refractivity contribution in [3.8, 4) is 67.9 Å². The lowest BCUT2D eigenvalue weighted by molar-refractivity contribution is 1.18. The average molecular weight is 893 g/mol. The smallest absolute Gasteiger partial charge is 0.195 e. The maximum absolute atomic E-state index is 10.6. The number of hydrogen-bond donors (Lipinski definition) is 0. The number of aromatic nitrogens is 3. The van der Waals surface area contributed by atoms with E-state index in [1.807, 2.05) is 48.5 Å². The molecule has 0 saturated heterocycles. The Morgan fingerprint density at radius 1 is 0.429 bits per heavy atom. The van der Waals surface area contributed by atoms with E-state index in [0.29, 0.717) is 62.1 Å². The summed E-state index contributed by atoms with van der Waals surface area (Å²) in [6.45, 7) is 23.4. The fourth-order valence-corrected chi connectivity index (χ4v) is 9.15. The van der Waals surface area contributed by atoms with Gasteiger partial charge in [-0.2, -0.15) is 5.26 Å². The lowest BCUT2D eigenvalue weighted by Crippen LogP contribution is -2.09. The molecule has 0 aliphatic heterocycles. The van der Waals surface area contributed by atoms with Crippen LogP contribution in [0, 0.1) is 31.0 Å². The first-order valence-electron chi connectivity index (χ1n) is 22.5. The van der Waals surface area contributed by atoms with Gasteiger partial charge in [0.25, 0.3) is 0 Å². The molecule has 0 bridgehead atoms. The first-order chi connectivity index (χ1) is 34.5. The van der Waals surface area contributed by atoms with Crippen LogP contribution in [-0.4, -0.2) is 14.5 Å². The van der Waals surface area contributed by atoms with Crippen molar-refractivity contribution in [2.75, 3.05) is 4.90 Å². The topological polar surface area (TPSA) is 70.8 Å². The van der Waals surface area contributed by atoms with Crippen molar-refractivity contribution in [1.82, 2.24) is 14.5 Å². The monoisotopic (exact) mass is 892 g/mol. The minimum Gasteiger partial charge on any atom is -0.310 e. The number of nitrogens with zero attached hydrogens (tertiary/aromatic N) is 8. The number of hydrogen-bond acceptors (Lipinski definition) is 4. The fourth-order valence-electron chi connectivity index (χ4n) is 9.15. The highest BCUT2D eigenvalue weighted by atomic mass is 15.1.